The molecule has 102 valence electrons. The summed E-state index contributed by atoms with van der Waals surface area (Å²) in [6.45, 7) is 0. The monoisotopic (exact) mass is 311 g/mol. The van der Waals surface area contributed by atoms with Crippen molar-refractivity contribution in [3.63, 3.8) is 0 Å². The number of hydrogen-bond acceptors (Lipinski definition) is 3. The predicted octanol–water partition coefficient (Wildman–Crippen LogP) is 4.27. The molecule has 1 N–H and O–H groups in total. The highest BCUT2D eigenvalue weighted by Crippen LogP contribution is 2.38. The third kappa shape index (κ3) is 2.59. The van der Waals surface area contributed by atoms with E-state index in [1.165, 1.54) is 12.1 Å². The number of hydrogen-bond donors (Lipinski definition) is 1. The first-order chi connectivity index (χ1) is 9.41. The van der Waals surface area contributed by atoms with E-state index in [2.05, 4.69) is 0 Å². The molecule has 0 unspecified atom stereocenters. The summed E-state index contributed by atoms with van der Waals surface area (Å²) >= 11 is 11.9. The summed E-state index contributed by atoms with van der Waals surface area (Å²) in [5.74, 6) is -1.24. The van der Waals surface area contributed by atoms with Crippen molar-refractivity contribution in [2.45, 2.75) is 0 Å². The SMILES string of the molecule is O=C(O)c1ccc(-c2cccc(Cl)c2Cl)c([N+](=O)[O-])c1. The zero-order valence-electron chi connectivity index (χ0n) is 9.84. The van der Waals surface area contributed by atoms with E-state index in [0.29, 0.717) is 5.56 Å². The molecule has 0 aromatic heterocycles. The highest BCUT2D eigenvalue weighted by atomic mass is 35.5. The van der Waals surface area contributed by atoms with Crippen molar-refractivity contribution in [1.29, 1.82) is 0 Å². The summed E-state index contributed by atoms with van der Waals surface area (Å²) in [4.78, 5) is 21.3. The lowest BCUT2D eigenvalue weighted by atomic mass is 10.0. The van der Waals surface area contributed by atoms with E-state index in [9.17, 15) is 14.9 Å². The van der Waals surface area contributed by atoms with E-state index in [1.807, 2.05) is 0 Å². The minimum absolute atomic E-state index is 0.168. The zero-order chi connectivity index (χ0) is 14.9. The minimum Gasteiger partial charge on any atom is -0.478 e. The van der Waals surface area contributed by atoms with Gasteiger partial charge in [0.05, 0.1) is 26.1 Å². The molecule has 0 spiro atoms. The molecule has 0 aliphatic heterocycles. The molecule has 0 fully saturated rings. The van der Waals surface area contributed by atoms with Crippen LogP contribution < -0.4 is 0 Å². The number of nitrogens with zero attached hydrogens (tertiary/aromatic N) is 1. The molecular weight excluding hydrogens is 305 g/mol. The molecule has 7 heteroatoms. The maximum atomic E-state index is 11.1. The smallest absolute Gasteiger partial charge is 0.335 e. The second kappa shape index (κ2) is 5.48. The Hall–Kier alpha value is -2.11. The maximum Gasteiger partial charge on any atom is 0.335 e. The summed E-state index contributed by atoms with van der Waals surface area (Å²) in [6.07, 6.45) is 0. The van der Waals surface area contributed by atoms with Crippen molar-refractivity contribution in [3.05, 3.63) is 62.1 Å². The molecule has 0 heterocycles. The van der Waals surface area contributed by atoms with Gasteiger partial charge in [-0.25, -0.2) is 4.79 Å². The molecule has 2 aromatic carbocycles. The first kappa shape index (κ1) is 14.3. The number of nitro groups is 1. The van der Waals surface area contributed by atoms with Crippen LogP contribution in [0.1, 0.15) is 10.4 Å². The fraction of sp³-hybridized carbons (Fsp3) is 0. The highest BCUT2D eigenvalue weighted by Gasteiger charge is 2.20. The third-order valence-electron chi connectivity index (χ3n) is 2.68. The summed E-state index contributed by atoms with van der Waals surface area (Å²) in [7, 11) is 0. The first-order valence-corrected chi connectivity index (χ1v) is 6.13. The Balaban J connectivity index is 2.71. The van der Waals surface area contributed by atoms with Crippen LogP contribution in [-0.4, -0.2) is 16.0 Å². The van der Waals surface area contributed by atoms with Gasteiger partial charge in [-0.1, -0.05) is 35.3 Å². The number of nitro benzene ring substituents is 1. The van der Waals surface area contributed by atoms with Crippen LogP contribution in [0.4, 0.5) is 5.69 Å². The van der Waals surface area contributed by atoms with Crippen LogP contribution in [0.25, 0.3) is 11.1 Å². The van der Waals surface area contributed by atoms with Crippen molar-refractivity contribution in [3.8, 4) is 11.1 Å². The molecule has 0 aliphatic rings. The average Bonchev–Trinajstić information content (AvgIpc) is 2.41. The van der Waals surface area contributed by atoms with E-state index in [0.717, 1.165) is 6.07 Å². The van der Waals surface area contributed by atoms with Gasteiger partial charge in [0.2, 0.25) is 0 Å². The second-order valence-electron chi connectivity index (χ2n) is 3.90. The Bertz CT molecular complexity index is 716. The van der Waals surface area contributed by atoms with Crippen LogP contribution in [-0.2, 0) is 0 Å². The Morgan fingerprint density at radius 3 is 2.45 bits per heavy atom. The quantitative estimate of drug-likeness (QED) is 0.678. The van der Waals surface area contributed by atoms with E-state index in [-0.39, 0.29) is 26.9 Å². The number of benzene rings is 2. The lowest BCUT2D eigenvalue weighted by Gasteiger charge is -2.07. The number of carbonyl (C=O) groups is 1. The van der Waals surface area contributed by atoms with Gasteiger partial charge in [-0.2, -0.15) is 0 Å². The van der Waals surface area contributed by atoms with Gasteiger partial charge in [0.15, 0.2) is 0 Å². The fourth-order valence-corrected chi connectivity index (χ4v) is 2.16. The van der Waals surface area contributed by atoms with Crippen molar-refractivity contribution >= 4 is 34.9 Å². The second-order valence-corrected chi connectivity index (χ2v) is 4.68. The van der Waals surface area contributed by atoms with Crippen LogP contribution in [0.3, 0.4) is 0 Å². The molecule has 0 atom stereocenters. The predicted molar refractivity (Wildman–Crippen MR) is 75.5 cm³/mol. The summed E-state index contributed by atoms with van der Waals surface area (Å²) in [5.41, 5.74) is 0.0861. The Morgan fingerprint density at radius 2 is 1.85 bits per heavy atom. The van der Waals surface area contributed by atoms with Crippen molar-refractivity contribution in [2.75, 3.05) is 0 Å². The molecule has 0 radical (unpaired) electrons. The number of carboxylic acids is 1. The molecule has 0 amide bonds. The molecule has 0 aliphatic carbocycles. The number of aromatic carboxylic acids is 1. The van der Waals surface area contributed by atoms with E-state index >= 15 is 0 Å². The van der Waals surface area contributed by atoms with Crippen molar-refractivity contribution in [1.82, 2.24) is 0 Å². The molecule has 2 aromatic rings. The van der Waals surface area contributed by atoms with E-state index in [1.54, 1.807) is 18.2 Å². The fourth-order valence-electron chi connectivity index (χ4n) is 1.76. The van der Waals surface area contributed by atoms with Gasteiger partial charge in [0, 0.05) is 11.6 Å². The molecule has 20 heavy (non-hydrogen) atoms. The van der Waals surface area contributed by atoms with E-state index in [4.69, 9.17) is 28.3 Å². The van der Waals surface area contributed by atoms with Gasteiger partial charge >= 0.3 is 5.97 Å². The third-order valence-corrected chi connectivity index (χ3v) is 3.50. The summed E-state index contributed by atoms with van der Waals surface area (Å²) in [5, 5.41) is 20.4. The highest BCUT2D eigenvalue weighted by molar-refractivity contribution is 6.43. The largest absolute Gasteiger partial charge is 0.478 e. The number of halogens is 2. The summed E-state index contributed by atoms with van der Waals surface area (Å²) < 4.78 is 0. The van der Waals surface area contributed by atoms with Gasteiger partial charge in [-0.05, 0) is 18.2 Å². The lowest BCUT2D eigenvalue weighted by Crippen LogP contribution is -2.00. The molecular formula is C13H7Cl2NO4. The number of rotatable bonds is 3. The topological polar surface area (TPSA) is 80.4 Å². The van der Waals surface area contributed by atoms with Gasteiger partial charge in [0.1, 0.15) is 0 Å². The lowest BCUT2D eigenvalue weighted by molar-refractivity contribution is -0.384. The van der Waals surface area contributed by atoms with Gasteiger partial charge in [-0.3, -0.25) is 10.1 Å². The van der Waals surface area contributed by atoms with Gasteiger partial charge < -0.3 is 5.11 Å². The normalized spacial score (nSPS) is 10.3. The zero-order valence-corrected chi connectivity index (χ0v) is 11.4. The Kier molecular flexibility index (Phi) is 3.92. The first-order valence-electron chi connectivity index (χ1n) is 5.38. The minimum atomic E-state index is -1.24. The molecule has 5 nitrogen and oxygen atoms in total. The molecule has 0 saturated carbocycles. The summed E-state index contributed by atoms with van der Waals surface area (Å²) in [6, 6.07) is 8.37. The van der Waals surface area contributed by atoms with Crippen LogP contribution in [0, 0.1) is 10.1 Å². The van der Waals surface area contributed by atoms with Crippen molar-refractivity contribution in [2.24, 2.45) is 0 Å². The molecule has 0 bridgehead atoms. The maximum absolute atomic E-state index is 11.1. The molecule has 0 saturated heterocycles. The molecule has 2 rings (SSSR count). The standard InChI is InChI=1S/C13H7Cl2NO4/c14-10-3-1-2-9(12(10)15)8-5-4-7(13(17)18)6-11(8)16(19)20/h1-6H,(H,17,18). The average molecular weight is 312 g/mol. The van der Waals surface area contributed by atoms with Gasteiger partial charge in [-0.15, -0.1) is 0 Å². The van der Waals surface area contributed by atoms with Crippen molar-refractivity contribution < 1.29 is 14.8 Å². The number of carboxylic acid groups (broad SMARTS) is 1. The Morgan fingerprint density at radius 1 is 1.15 bits per heavy atom. The van der Waals surface area contributed by atoms with Gasteiger partial charge in [0.25, 0.3) is 5.69 Å². The Labute approximate surface area is 123 Å². The van der Waals surface area contributed by atoms with Crippen LogP contribution in [0.2, 0.25) is 10.0 Å². The van der Waals surface area contributed by atoms with Crippen LogP contribution in [0.5, 0.6) is 0 Å². The van der Waals surface area contributed by atoms with Crippen LogP contribution >= 0.6 is 23.2 Å². The van der Waals surface area contributed by atoms with Crippen LogP contribution in [0.15, 0.2) is 36.4 Å². The van der Waals surface area contributed by atoms with E-state index < -0.39 is 10.9 Å².